The van der Waals surface area contributed by atoms with E-state index in [0.717, 1.165) is 0 Å². The van der Waals surface area contributed by atoms with Crippen molar-refractivity contribution < 1.29 is 150 Å². The van der Waals surface area contributed by atoms with E-state index in [9.17, 15) is 0 Å². The Labute approximate surface area is 156 Å². The first-order chi connectivity index (χ1) is 2.00. The van der Waals surface area contributed by atoms with Gasteiger partial charge in [-0.2, -0.15) is 0 Å². The second kappa shape index (κ2) is 137. The van der Waals surface area contributed by atoms with E-state index in [1.54, 1.807) is 0 Å². The smallest absolute Gasteiger partial charge is 0.790 e. The summed E-state index contributed by atoms with van der Waals surface area (Å²) in [4.78, 5) is 24.3. The Morgan fingerprint density at radius 2 is 0.500 bits per heavy atom. The zero-order valence-electron chi connectivity index (χ0n) is 10.6. The van der Waals surface area contributed by atoms with Gasteiger partial charge in [-0.1, -0.05) is 0 Å². The SMILES string of the molecule is O.O.O.O.O.O.O.O.O.O.O.O.O.O=P([O-])([O-])O.[Na+].[Na+]. The van der Waals surface area contributed by atoms with Gasteiger partial charge in [0.1, 0.15) is 0 Å². The van der Waals surface area contributed by atoms with Crippen molar-refractivity contribution in [3.63, 3.8) is 0 Å². The van der Waals surface area contributed by atoms with Gasteiger partial charge in [0, 0.05) is 0 Å². The Bertz CT molecular complexity index is 61.1. The van der Waals surface area contributed by atoms with Crippen molar-refractivity contribution in [1.29, 1.82) is 0 Å². The van der Waals surface area contributed by atoms with Crippen LogP contribution in [0.4, 0.5) is 0 Å². The van der Waals surface area contributed by atoms with E-state index >= 15 is 0 Å². The number of hydrogen-bond donors (Lipinski definition) is 1. The second-order valence-corrected chi connectivity index (χ2v) is 1.41. The summed E-state index contributed by atoms with van der Waals surface area (Å²) in [7, 11) is -5.14. The maximum Gasteiger partial charge on any atom is 1.00 e. The molecule has 20 heteroatoms. The van der Waals surface area contributed by atoms with Gasteiger partial charge in [0.25, 0.3) is 0 Å². The van der Waals surface area contributed by atoms with Crippen LogP contribution in [0.15, 0.2) is 0 Å². The first kappa shape index (κ1) is 293. The van der Waals surface area contributed by atoms with Gasteiger partial charge in [0.15, 0.2) is 0 Å². The van der Waals surface area contributed by atoms with Crippen LogP contribution in [0.2, 0.25) is 0 Å². The van der Waals surface area contributed by atoms with Crippen LogP contribution in [0.1, 0.15) is 0 Å². The molecule has 0 saturated carbocycles. The Kier molecular flexibility index (Phi) is 2010. The Morgan fingerprint density at radius 1 is 0.500 bits per heavy atom. The third-order valence-corrected chi connectivity index (χ3v) is 0. The molecular formula is H27Na2O17P. The summed E-state index contributed by atoms with van der Waals surface area (Å²) in [6.45, 7) is 0. The minimum absolute atomic E-state index is 0. The second-order valence-electron chi connectivity index (χ2n) is 0.469. The molecule has 27 N–H and O–H groups in total. The van der Waals surface area contributed by atoms with E-state index in [1.165, 1.54) is 0 Å². The third-order valence-electron chi connectivity index (χ3n) is 0. The fourth-order valence-electron chi connectivity index (χ4n) is 0. The average Bonchev–Trinajstić information content (AvgIpc) is 0.722. The van der Waals surface area contributed by atoms with Crippen LogP contribution in [0.3, 0.4) is 0 Å². The van der Waals surface area contributed by atoms with Gasteiger partial charge in [0.05, 0.1) is 7.82 Å². The molecule has 0 fully saturated rings. The minimum Gasteiger partial charge on any atom is -0.790 e. The van der Waals surface area contributed by atoms with E-state index < -0.39 is 7.82 Å². The normalized spacial score (nSPS) is 2.95. The first-order valence-electron chi connectivity index (χ1n) is 0.748. The Morgan fingerprint density at radius 3 is 0.500 bits per heavy atom. The number of hydrogen-bond acceptors (Lipinski definition) is 3. The predicted octanol–water partition coefficient (Wildman–Crippen LogP) is -18.9. The molecule has 0 rings (SSSR count). The van der Waals surface area contributed by atoms with Crippen molar-refractivity contribution in [3.05, 3.63) is 0 Å². The molecule has 0 aromatic heterocycles. The van der Waals surface area contributed by atoms with E-state index in [0.29, 0.717) is 0 Å². The standard InChI is InChI=1S/2Na.H3O4P.13H2O/c;;1-5(2,3)4;;;;;;;;;;;;;/h;;(H3,1,2,3,4);13*1H2/q2*+1;;;;;;;;;;;;;;/p-2. The van der Waals surface area contributed by atoms with Crippen LogP contribution in [-0.4, -0.2) is 76.1 Å². The molecule has 0 atom stereocenters. The van der Waals surface area contributed by atoms with Crippen molar-refractivity contribution in [3.8, 4) is 0 Å². The third kappa shape index (κ3) is 2680. The molecule has 0 amide bonds. The number of rotatable bonds is 0. The zero-order chi connectivity index (χ0) is 4.50. The summed E-state index contributed by atoms with van der Waals surface area (Å²) in [6.07, 6.45) is 0. The average molecular weight is 376 g/mol. The Hall–Kier alpha value is 1.59. The van der Waals surface area contributed by atoms with Gasteiger partial charge in [-0.3, -0.25) is 0 Å². The summed E-state index contributed by atoms with van der Waals surface area (Å²) in [5, 5.41) is 0. The van der Waals surface area contributed by atoms with Crippen LogP contribution in [0.25, 0.3) is 0 Å². The minimum atomic E-state index is -5.14. The maximum atomic E-state index is 8.66. The van der Waals surface area contributed by atoms with Crippen molar-refractivity contribution in [2.45, 2.75) is 0 Å². The van der Waals surface area contributed by atoms with E-state index in [4.69, 9.17) is 19.2 Å². The first-order valence-corrected chi connectivity index (χ1v) is 2.24. The van der Waals surface area contributed by atoms with Gasteiger partial charge >= 0.3 is 59.1 Å². The summed E-state index contributed by atoms with van der Waals surface area (Å²) in [5.74, 6) is 0. The summed E-state index contributed by atoms with van der Waals surface area (Å²) in [5.41, 5.74) is 0. The Balaban J connectivity index is -0.000000000762. The van der Waals surface area contributed by atoms with E-state index in [1.807, 2.05) is 0 Å². The quantitative estimate of drug-likeness (QED) is 0.317. The van der Waals surface area contributed by atoms with Gasteiger partial charge in [-0.25, -0.2) is 0 Å². The molecule has 0 aliphatic rings. The summed E-state index contributed by atoms with van der Waals surface area (Å²) < 4.78 is 8.66. The van der Waals surface area contributed by atoms with Gasteiger partial charge in [-0.15, -0.1) is 0 Å². The molecule has 0 aliphatic carbocycles. The largest absolute Gasteiger partial charge is 1.00 e. The van der Waals surface area contributed by atoms with Gasteiger partial charge in [0.2, 0.25) is 0 Å². The van der Waals surface area contributed by atoms with Crippen molar-refractivity contribution in [2.24, 2.45) is 0 Å². The fraction of sp³-hybridized carbons (Fsp3) is 0. The molecule has 0 aromatic rings. The molecular weight excluding hydrogens is 349 g/mol. The van der Waals surface area contributed by atoms with Crippen LogP contribution in [-0.2, 0) is 4.57 Å². The molecule has 0 aromatic carbocycles. The summed E-state index contributed by atoms with van der Waals surface area (Å²) >= 11 is 0. The van der Waals surface area contributed by atoms with Crippen molar-refractivity contribution in [1.82, 2.24) is 0 Å². The fourth-order valence-corrected chi connectivity index (χ4v) is 0. The molecule has 17 nitrogen and oxygen atoms in total. The topological polar surface area (TPSA) is 493 Å². The van der Waals surface area contributed by atoms with E-state index in [2.05, 4.69) is 0 Å². The van der Waals surface area contributed by atoms with Gasteiger partial charge in [-0.05, 0) is 0 Å². The molecule has 136 valence electrons. The van der Waals surface area contributed by atoms with Crippen molar-refractivity contribution in [2.75, 3.05) is 0 Å². The van der Waals surface area contributed by atoms with Gasteiger partial charge < -0.3 is 90.4 Å². The molecule has 20 heavy (non-hydrogen) atoms. The molecule has 0 unspecified atom stereocenters. The van der Waals surface area contributed by atoms with Crippen LogP contribution < -0.4 is 68.9 Å². The van der Waals surface area contributed by atoms with Crippen molar-refractivity contribution >= 4 is 7.82 Å². The van der Waals surface area contributed by atoms with Crippen LogP contribution >= 0.6 is 7.82 Å². The number of phosphoric acid groups is 1. The maximum absolute atomic E-state index is 8.66. The molecule has 0 aliphatic heterocycles. The molecule has 0 heterocycles. The zero-order valence-corrected chi connectivity index (χ0v) is 15.5. The molecule has 0 saturated heterocycles. The van der Waals surface area contributed by atoms with E-state index in [-0.39, 0.29) is 130 Å². The van der Waals surface area contributed by atoms with Crippen LogP contribution in [0.5, 0.6) is 0 Å². The summed E-state index contributed by atoms with van der Waals surface area (Å²) in [6, 6.07) is 0. The molecule has 0 radical (unpaired) electrons. The predicted molar refractivity (Wildman–Crippen MR) is 56.8 cm³/mol. The molecule has 0 spiro atoms. The van der Waals surface area contributed by atoms with Crippen LogP contribution in [0, 0.1) is 0 Å². The monoisotopic (exact) mass is 376 g/mol. The molecule has 0 bridgehead atoms.